The molecule has 0 aromatic carbocycles. The van der Waals surface area contributed by atoms with Crippen LogP contribution in [0, 0.1) is 0 Å². The average Bonchev–Trinajstić information content (AvgIpc) is 2.86. The van der Waals surface area contributed by atoms with Crippen molar-refractivity contribution in [1.82, 2.24) is 14.5 Å². The fourth-order valence-corrected chi connectivity index (χ4v) is 2.71. The van der Waals surface area contributed by atoms with Crippen LogP contribution in [0.1, 0.15) is 24.2 Å². The number of hydrogen-bond donors (Lipinski definition) is 2. The van der Waals surface area contributed by atoms with E-state index in [9.17, 15) is 18.0 Å². The number of aromatic amines is 1. The summed E-state index contributed by atoms with van der Waals surface area (Å²) in [5, 5.41) is 14.0. The van der Waals surface area contributed by atoms with Crippen LogP contribution in [0.4, 0.5) is 0 Å². The molecule has 10 heteroatoms. The van der Waals surface area contributed by atoms with Gasteiger partial charge in [0, 0.05) is 7.05 Å². The van der Waals surface area contributed by atoms with Gasteiger partial charge in [-0.1, -0.05) is 0 Å². The summed E-state index contributed by atoms with van der Waals surface area (Å²) in [5.74, 6) is -2.16. The monoisotopic (exact) mass is 305 g/mol. The van der Waals surface area contributed by atoms with Gasteiger partial charge in [-0.15, -0.1) is 0 Å². The predicted octanol–water partition coefficient (Wildman–Crippen LogP) is -0.320. The van der Waals surface area contributed by atoms with Crippen molar-refractivity contribution in [2.24, 2.45) is 0 Å². The van der Waals surface area contributed by atoms with Crippen molar-refractivity contribution in [3.8, 4) is 0 Å². The molecule has 1 unspecified atom stereocenters. The zero-order chi connectivity index (χ0) is 15.5. The number of ether oxygens (including phenoxy) is 1. The summed E-state index contributed by atoms with van der Waals surface area (Å²) < 4.78 is 29.8. The van der Waals surface area contributed by atoms with E-state index in [1.807, 2.05) is 0 Å². The van der Waals surface area contributed by atoms with Crippen LogP contribution in [0.3, 0.4) is 0 Å². The Balaban J connectivity index is 3.21. The molecule has 20 heavy (non-hydrogen) atoms. The predicted molar refractivity (Wildman–Crippen MR) is 66.6 cm³/mol. The lowest BCUT2D eigenvalue weighted by atomic mass is 10.4. The third kappa shape index (κ3) is 2.96. The van der Waals surface area contributed by atoms with Crippen molar-refractivity contribution >= 4 is 22.0 Å². The number of nitrogens with one attached hydrogen (secondary N) is 1. The molecule has 0 aliphatic rings. The largest absolute Gasteiger partial charge is 0.480 e. The van der Waals surface area contributed by atoms with Gasteiger partial charge in [-0.2, -0.15) is 9.40 Å². The Labute approximate surface area is 115 Å². The summed E-state index contributed by atoms with van der Waals surface area (Å²) in [6.45, 7) is 2.86. The Bertz CT molecular complexity index is 608. The van der Waals surface area contributed by atoms with Crippen LogP contribution >= 0.6 is 0 Å². The van der Waals surface area contributed by atoms with Gasteiger partial charge in [0.25, 0.3) is 10.0 Å². The Kier molecular flexibility index (Phi) is 4.84. The number of carbonyl (C=O) groups excluding carboxylic acids is 1. The lowest BCUT2D eigenvalue weighted by molar-refractivity contribution is -0.140. The van der Waals surface area contributed by atoms with Crippen molar-refractivity contribution in [3.05, 3.63) is 11.8 Å². The first-order chi connectivity index (χ1) is 9.23. The van der Waals surface area contributed by atoms with Crippen molar-refractivity contribution in [2.75, 3.05) is 13.7 Å². The molecule has 0 saturated heterocycles. The van der Waals surface area contributed by atoms with E-state index < -0.39 is 33.0 Å². The first-order valence-corrected chi connectivity index (χ1v) is 7.08. The van der Waals surface area contributed by atoms with Gasteiger partial charge in [-0.25, -0.2) is 13.2 Å². The number of likely N-dealkylation sites (N-methyl/N-ethyl adjacent to an activating group) is 1. The van der Waals surface area contributed by atoms with E-state index in [1.54, 1.807) is 6.92 Å². The highest BCUT2D eigenvalue weighted by molar-refractivity contribution is 7.89. The molecule has 0 radical (unpaired) electrons. The number of carbonyl (C=O) groups is 2. The highest BCUT2D eigenvalue weighted by Crippen LogP contribution is 2.19. The SMILES string of the molecule is CCOC(=O)c1cn[nH]c1S(=O)(=O)N(C)C(C)C(=O)O. The molecule has 0 bridgehead atoms. The van der Waals surface area contributed by atoms with Gasteiger partial charge in [-0.3, -0.25) is 9.89 Å². The molecule has 0 saturated carbocycles. The quantitative estimate of drug-likeness (QED) is 0.689. The van der Waals surface area contributed by atoms with E-state index >= 15 is 0 Å². The maximum atomic E-state index is 12.3. The molecule has 1 aromatic heterocycles. The van der Waals surface area contributed by atoms with Crippen LogP contribution in [-0.4, -0.2) is 59.7 Å². The molecular weight excluding hydrogens is 290 g/mol. The van der Waals surface area contributed by atoms with Crippen LogP contribution in [0.2, 0.25) is 0 Å². The summed E-state index contributed by atoms with van der Waals surface area (Å²) >= 11 is 0. The Hall–Kier alpha value is -1.94. The number of nitrogens with zero attached hydrogens (tertiary/aromatic N) is 2. The number of hydrogen-bond acceptors (Lipinski definition) is 6. The Morgan fingerprint density at radius 3 is 2.65 bits per heavy atom. The topological polar surface area (TPSA) is 130 Å². The molecule has 2 N–H and O–H groups in total. The molecule has 1 rings (SSSR count). The number of esters is 1. The Morgan fingerprint density at radius 2 is 2.15 bits per heavy atom. The fourth-order valence-electron chi connectivity index (χ4n) is 1.33. The first-order valence-electron chi connectivity index (χ1n) is 5.64. The van der Waals surface area contributed by atoms with Crippen LogP contribution < -0.4 is 0 Å². The van der Waals surface area contributed by atoms with Crippen molar-refractivity contribution in [3.63, 3.8) is 0 Å². The van der Waals surface area contributed by atoms with Gasteiger partial charge >= 0.3 is 11.9 Å². The number of H-pyrrole nitrogens is 1. The molecule has 9 nitrogen and oxygen atoms in total. The molecule has 0 fully saturated rings. The first kappa shape index (κ1) is 16.1. The lowest BCUT2D eigenvalue weighted by Crippen LogP contribution is -2.40. The van der Waals surface area contributed by atoms with E-state index in [2.05, 4.69) is 10.2 Å². The van der Waals surface area contributed by atoms with Crippen LogP contribution in [0.15, 0.2) is 11.2 Å². The standard InChI is InChI=1S/C10H15N3O6S/c1-4-19-10(16)7-5-11-12-8(7)20(17,18)13(3)6(2)9(14)15/h5-6H,4H2,1-3H3,(H,11,12)(H,14,15). The van der Waals surface area contributed by atoms with Crippen molar-refractivity contribution in [2.45, 2.75) is 24.9 Å². The van der Waals surface area contributed by atoms with Crippen LogP contribution in [0.5, 0.6) is 0 Å². The number of sulfonamides is 1. The maximum Gasteiger partial charge on any atom is 0.342 e. The zero-order valence-corrected chi connectivity index (χ0v) is 12.0. The van der Waals surface area contributed by atoms with E-state index in [1.165, 1.54) is 6.92 Å². The molecule has 1 atom stereocenters. The van der Waals surface area contributed by atoms with Gasteiger partial charge in [-0.05, 0) is 13.8 Å². The minimum absolute atomic E-state index is 0.0743. The average molecular weight is 305 g/mol. The van der Waals surface area contributed by atoms with Gasteiger partial charge < -0.3 is 9.84 Å². The summed E-state index contributed by atoms with van der Waals surface area (Å²) in [4.78, 5) is 22.5. The van der Waals surface area contributed by atoms with Gasteiger partial charge in [0.05, 0.1) is 12.8 Å². The molecule has 0 amide bonds. The summed E-state index contributed by atoms with van der Waals surface area (Å²) in [6.07, 6.45) is 1.02. The smallest absolute Gasteiger partial charge is 0.342 e. The molecule has 112 valence electrons. The fraction of sp³-hybridized carbons (Fsp3) is 0.500. The van der Waals surface area contributed by atoms with E-state index in [4.69, 9.17) is 9.84 Å². The van der Waals surface area contributed by atoms with Crippen molar-refractivity contribution in [1.29, 1.82) is 0 Å². The highest BCUT2D eigenvalue weighted by Gasteiger charge is 2.34. The van der Waals surface area contributed by atoms with Gasteiger partial charge in [0.15, 0.2) is 5.03 Å². The van der Waals surface area contributed by atoms with Crippen molar-refractivity contribution < 1.29 is 27.9 Å². The molecule has 0 spiro atoms. The normalized spacial score (nSPS) is 13.2. The number of carboxylic acid groups (broad SMARTS) is 1. The minimum Gasteiger partial charge on any atom is -0.480 e. The van der Waals surface area contributed by atoms with Crippen LogP contribution in [0.25, 0.3) is 0 Å². The van der Waals surface area contributed by atoms with E-state index in [0.717, 1.165) is 13.2 Å². The Morgan fingerprint density at radius 1 is 1.55 bits per heavy atom. The minimum atomic E-state index is -4.20. The summed E-state index contributed by atoms with van der Waals surface area (Å²) in [7, 11) is -3.10. The molecule has 1 aromatic rings. The second-order valence-electron chi connectivity index (χ2n) is 3.87. The van der Waals surface area contributed by atoms with E-state index in [0.29, 0.717) is 4.31 Å². The van der Waals surface area contributed by atoms with E-state index in [-0.39, 0.29) is 12.2 Å². The molecule has 0 aliphatic heterocycles. The molecule has 1 heterocycles. The van der Waals surface area contributed by atoms with Crippen LogP contribution in [-0.2, 0) is 19.6 Å². The second kappa shape index (κ2) is 6.01. The third-order valence-electron chi connectivity index (χ3n) is 2.64. The molecule has 0 aliphatic carbocycles. The zero-order valence-electron chi connectivity index (χ0n) is 11.2. The third-order valence-corrected chi connectivity index (χ3v) is 4.54. The van der Waals surface area contributed by atoms with Gasteiger partial charge in [0.1, 0.15) is 11.6 Å². The number of aromatic nitrogens is 2. The summed E-state index contributed by atoms with van der Waals surface area (Å²) in [5.41, 5.74) is -0.267. The second-order valence-corrected chi connectivity index (χ2v) is 5.80. The molecular formula is C10H15N3O6S. The number of carboxylic acids is 1. The number of aliphatic carboxylic acids is 1. The summed E-state index contributed by atoms with van der Waals surface area (Å²) in [6, 6.07) is -1.29. The highest BCUT2D eigenvalue weighted by atomic mass is 32.2. The van der Waals surface area contributed by atoms with Gasteiger partial charge in [0.2, 0.25) is 0 Å². The maximum absolute atomic E-state index is 12.3. The number of rotatable bonds is 6. The lowest BCUT2D eigenvalue weighted by Gasteiger charge is -2.20.